The van der Waals surface area contributed by atoms with Gasteiger partial charge in [-0.2, -0.15) is 0 Å². The molecule has 0 saturated carbocycles. The van der Waals surface area contributed by atoms with Crippen LogP contribution in [0.4, 0.5) is 8.78 Å². The molecule has 0 nitrogen and oxygen atoms in total. The smallest absolute Gasteiger partial charge is 0.207 e. The number of halogens is 2. The minimum Gasteiger partial charge on any atom is -0.207 e. The van der Waals surface area contributed by atoms with Crippen LogP contribution < -0.4 is 0 Å². The average Bonchev–Trinajstić information content (AvgIpc) is 2.59. The van der Waals surface area contributed by atoms with Crippen molar-refractivity contribution in [1.29, 1.82) is 0 Å². The number of unbranched alkanes of at least 4 members (excludes halogenated alkanes) is 13. The quantitative estimate of drug-likeness (QED) is 0.159. The first-order valence-corrected chi connectivity index (χ1v) is 11.1. The predicted octanol–water partition coefficient (Wildman–Crippen LogP) is 9.24. The van der Waals surface area contributed by atoms with E-state index in [0.717, 1.165) is 25.7 Å². The Morgan fingerprint density at radius 2 is 0.920 bits per heavy atom. The molecule has 0 aliphatic heterocycles. The highest BCUT2D eigenvalue weighted by molar-refractivity contribution is 4.82. The molecule has 25 heavy (non-hydrogen) atoms. The summed E-state index contributed by atoms with van der Waals surface area (Å²) >= 11 is 0. The SMILES string of the molecule is CCCCCCCC/C=C\CCCC(F)(F)CCCCCCCCC. The molecule has 0 bridgehead atoms. The van der Waals surface area contributed by atoms with Crippen molar-refractivity contribution in [3.8, 4) is 0 Å². The second-order valence-electron chi connectivity index (χ2n) is 7.65. The molecular weight excluding hydrogens is 314 g/mol. The summed E-state index contributed by atoms with van der Waals surface area (Å²) in [6.07, 6.45) is 22.6. The summed E-state index contributed by atoms with van der Waals surface area (Å²) in [5.74, 6) is -2.45. The molecule has 0 rings (SSSR count). The zero-order chi connectivity index (χ0) is 18.6. The van der Waals surface area contributed by atoms with Crippen LogP contribution in [-0.4, -0.2) is 5.92 Å². The zero-order valence-electron chi connectivity index (χ0n) is 17.1. The van der Waals surface area contributed by atoms with Crippen molar-refractivity contribution in [2.75, 3.05) is 0 Å². The van der Waals surface area contributed by atoms with Crippen molar-refractivity contribution in [2.24, 2.45) is 0 Å². The van der Waals surface area contributed by atoms with Gasteiger partial charge in [0.2, 0.25) is 5.92 Å². The Bertz CT molecular complexity index is 284. The Hall–Kier alpha value is -0.400. The highest BCUT2D eigenvalue weighted by Gasteiger charge is 2.26. The molecule has 0 aromatic heterocycles. The minimum atomic E-state index is -2.45. The second-order valence-corrected chi connectivity index (χ2v) is 7.65. The van der Waals surface area contributed by atoms with Gasteiger partial charge in [0, 0.05) is 12.8 Å². The zero-order valence-corrected chi connectivity index (χ0v) is 17.1. The van der Waals surface area contributed by atoms with Crippen LogP contribution in [0.25, 0.3) is 0 Å². The molecule has 0 amide bonds. The third-order valence-electron chi connectivity index (χ3n) is 4.95. The third-order valence-corrected chi connectivity index (χ3v) is 4.95. The standard InChI is InChI=1S/C23H44F2/c1-3-5-7-9-11-12-13-14-16-18-20-22-23(24,25)21-19-17-15-10-8-6-4-2/h14,16H,3-13,15,17-22H2,1-2H3/b16-14-. The van der Waals surface area contributed by atoms with Crippen molar-refractivity contribution >= 4 is 0 Å². The van der Waals surface area contributed by atoms with Gasteiger partial charge < -0.3 is 0 Å². The summed E-state index contributed by atoms with van der Waals surface area (Å²) in [6, 6.07) is 0. The van der Waals surface area contributed by atoms with Gasteiger partial charge in [-0.15, -0.1) is 0 Å². The normalized spacial score (nSPS) is 12.3. The Labute approximate surface area is 156 Å². The summed E-state index contributed by atoms with van der Waals surface area (Å²) in [5, 5.41) is 0. The molecule has 0 unspecified atom stereocenters. The van der Waals surface area contributed by atoms with Gasteiger partial charge >= 0.3 is 0 Å². The van der Waals surface area contributed by atoms with E-state index in [-0.39, 0.29) is 12.8 Å². The molecule has 0 fully saturated rings. The summed E-state index contributed by atoms with van der Waals surface area (Å²) in [5.41, 5.74) is 0. The van der Waals surface area contributed by atoms with E-state index >= 15 is 0 Å². The van der Waals surface area contributed by atoms with Crippen LogP contribution in [-0.2, 0) is 0 Å². The van der Waals surface area contributed by atoms with E-state index in [1.807, 2.05) is 0 Å². The summed E-state index contributed by atoms with van der Waals surface area (Å²) in [6.45, 7) is 4.44. The highest BCUT2D eigenvalue weighted by atomic mass is 19.3. The number of hydrogen-bond acceptors (Lipinski definition) is 0. The van der Waals surface area contributed by atoms with E-state index in [1.54, 1.807) is 0 Å². The second kappa shape index (κ2) is 18.4. The number of hydrogen-bond donors (Lipinski definition) is 0. The van der Waals surface area contributed by atoms with E-state index in [2.05, 4.69) is 26.0 Å². The van der Waals surface area contributed by atoms with Gasteiger partial charge in [-0.05, 0) is 32.1 Å². The Morgan fingerprint density at radius 3 is 1.48 bits per heavy atom. The number of allylic oxidation sites excluding steroid dienone is 2. The van der Waals surface area contributed by atoms with Crippen molar-refractivity contribution in [1.82, 2.24) is 0 Å². The molecule has 0 aliphatic rings. The number of alkyl halides is 2. The lowest BCUT2D eigenvalue weighted by molar-refractivity contribution is -0.0199. The molecular formula is C23H44F2. The van der Waals surface area contributed by atoms with Crippen LogP contribution >= 0.6 is 0 Å². The van der Waals surface area contributed by atoms with Crippen LogP contribution in [0.2, 0.25) is 0 Å². The van der Waals surface area contributed by atoms with Crippen molar-refractivity contribution in [3.63, 3.8) is 0 Å². The van der Waals surface area contributed by atoms with Gasteiger partial charge in [0.05, 0.1) is 0 Å². The molecule has 0 N–H and O–H groups in total. The molecule has 150 valence electrons. The van der Waals surface area contributed by atoms with E-state index in [1.165, 1.54) is 64.2 Å². The first-order chi connectivity index (χ1) is 12.1. The maximum Gasteiger partial charge on any atom is 0.248 e. The van der Waals surface area contributed by atoms with Crippen LogP contribution in [0.3, 0.4) is 0 Å². The van der Waals surface area contributed by atoms with Crippen LogP contribution in [0.5, 0.6) is 0 Å². The van der Waals surface area contributed by atoms with Gasteiger partial charge in [-0.1, -0.05) is 96.6 Å². The Kier molecular flexibility index (Phi) is 18.1. The minimum absolute atomic E-state index is 0.0597. The topological polar surface area (TPSA) is 0 Å². The van der Waals surface area contributed by atoms with E-state index in [9.17, 15) is 8.78 Å². The summed E-state index contributed by atoms with van der Waals surface area (Å²) in [7, 11) is 0. The number of rotatable bonds is 19. The van der Waals surface area contributed by atoms with E-state index < -0.39 is 5.92 Å². The van der Waals surface area contributed by atoms with E-state index in [0.29, 0.717) is 12.8 Å². The molecule has 0 aromatic rings. The third kappa shape index (κ3) is 19.8. The fourth-order valence-corrected chi connectivity index (χ4v) is 3.22. The van der Waals surface area contributed by atoms with Crippen LogP contribution in [0.15, 0.2) is 12.2 Å². The fourth-order valence-electron chi connectivity index (χ4n) is 3.22. The average molecular weight is 359 g/mol. The van der Waals surface area contributed by atoms with Gasteiger partial charge in [0.15, 0.2) is 0 Å². The predicted molar refractivity (Wildman–Crippen MR) is 109 cm³/mol. The monoisotopic (exact) mass is 358 g/mol. The first-order valence-electron chi connectivity index (χ1n) is 11.1. The van der Waals surface area contributed by atoms with Crippen molar-refractivity contribution in [2.45, 2.75) is 135 Å². The van der Waals surface area contributed by atoms with Gasteiger partial charge in [0.1, 0.15) is 0 Å². The molecule has 0 aromatic carbocycles. The molecule has 0 aliphatic carbocycles. The lowest BCUT2D eigenvalue weighted by Gasteiger charge is -2.15. The van der Waals surface area contributed by atoms with Crippen molar-refractivity contribution in [3.05, 3.63) is 12.2 Å². The molecule has 0 spiro atoms. The van der Waals surface area contributed by atoms with E-state index in [4.69, 9.17) is 0 Å². The molecule has 2 heteroatoms. The molecule has 0 saturated heterocycles. The van der Waals surface area contributed by atoms with Crippen LogP contribution in [0.1, 0.15) is 129 Å². The largest absolute Gasteiger partial charge is 0.248 e. The fraction of sp³-hybridized carbons (Fsp3) is 0.913. The Balaban J connectivity index is 3.41. The lowest BCUT2D eigenvalue weighted by Crippen LogP contribution is -2.15. The van der Waals surface area contributed by atoms with Gasteiger partial charge in [0.25, 0.3) is 0 Å². The van der Waals surface area contributed by atoms with Crippen molar-refractivity contribution < 1.29 is 8.78 Å². The highest BCUT2D eigenvalue weighted by Crippen LogP contribution is 2.28. The Morgan fingerprint density at radius 1 is 0.520 bits per heavy atom. The summed E-state index contributed by atoms with van der Waals surface area (Å²) < 4.78 is 27.6. The molecule has 0 heterocycles. The molecule has 0 atom stereocenters. The maximum atomic E-state index is 13.8. The lowest BCUT2D eigenvalue weighted by atomic mass is 10.0. The molecule has 0 radical (unpaired) electrons. The maximum absolute atomic E-state index is 13.8. The summed E-state index contributed by atoms with van der Waals surface area (Å²) in [4.78, 5) is 0. The van der Waals surface area contributed by atoms with Gasteiger partial charge in [-0.3, -0.25) is 0 Å². The first kappa shape index (κ1) is 24.6. The van der Waals surface area contributed by atoms with Gasteiger partial charge in [-0.25, -0.2) is 8.78 Å². The van der Waals surface area contributed by atoms with Crippen LogP contribution in [0, 0.1) is 0 Å².